The Morgan fingerprint density at radius 1 is 1.32 bits per heavy atom. The lowest BCUT2D eigenvalue weighted by molar-refractivity contribution is -0.119. The molecule has 0 amide bonds. The normalized spacial score (nSPS) is 17.5. The van der Waals surface area contributed by atoms with Crippen molar-refractivity contribution in [1.29, 1.82) is 5.26 Å². The number of ether oxygens (including phenoxy) is 1. The van der Waals surface area contributed by atoms with Crippen molar-refractivity contribution in [3.05, 3.63) is 52.0 Å². The van der Waals surface area contributed by atoms with Crippen molar-refractivity contribution in [2.75, 3.05) is 11.3 Å². The van der Waals surface area contributed by atoms with E-state index in [0.29, 0.717) is 17.4 Å². The van der Waals surface area contributed by atoms with Gasteiger partial charge >= 0.3 is 5.97 Å². The summed E-state index contributed by atoms with van der Waals surface area (Å²) in [5.74, 6) is -3.11. The van der Waals surface area contributed by atoms with Gasteiger partial charge in [0.05, 0.1) is 28.4 Å². The maximum Gasteiger partial charge on any atom is 0.335 e. The Morgan fingerprint density at radius 3 is 2.68 bits per heavy atom. The zero-order valence-corrected chi connectivity index (χ0v) is 17.9. The molecule has 0 aromatic heterocycles. The number of hydrogen-bond acceptors (Lipinski definition) is 5. The van der Waals surface area contributed by atoms with Crippen molar-refractivity contribution >= 4 is 35.2 Å². The van der Waals surface area contributed by atoms with Gasteiger partial charge < -0.3 is 14.6 Å². The summed E-state index contributed by atoms with van der Waals surface area (Å²) in [6.07, 6.45) is 1.70. The maximum atomic E-state index is 13.1. The van der Waals surface area contributed by atoms with Crippen LogP contribution < -0.4 is 9.46 Å². The van der Waals surface area contributed by atoms with E-state index in [1.165, 1.54) is 24.1 Å². The van der Waals surface area contributed by atoms with E-state index in [2.05, 4.69) is 4.72 Å². The third-order valence-corrected chi connectivity index (χ3v) is 6.60. The fraction of sp³-hybridized carbons (Fsp3) is 0.364. The number of nitrogens with one attached hydrogen (secondary N) is 1. The number of halogens is 3. The average Bonchev–Trinajstić information content (AvgIpc) is 3.54. The van der Waals surface area contributed by atoms with Crippen molar-refractivity contribution in [3.8, 4) is 11.8 Å². The van der Waals surface area contributed by atoms with E-state index in [0.717, 1.165) is 23.3 Å². The van der Waals surface area contributed by atoms with Gasteiger partial charge in [0.25, 0.3) is 0 Å². The number of alkyl halides is 2. The molecule has 4 rings (SSSR count). The average molecular weight is 465 g/mol. The second-order valence-electron chi connectivity index (χ2n) is 7.92. The molecule has 2 fully saturated rings. The van der Waals surface area contributed by atoms with Gasteiger partial charge in [0, 0.05) is 29.7 Å². The lowest BCUT2D eigenvalue weighted by atomic mass is 9.82. The SMILES string of the molecule is N#Cc1cc(NSc2cc(C(=O)O)ccc2C2CC2)c(OCC2CC(F)(F)C2)cc1Cl. The van der Waals surface area contributed by atoms with Crippen LogP contribution in [0.4, 0.5) is 14.5 Å². The number of carboxylic acids is 1. The Bertz CT molecular complexity index is 1060. The molecule has 0 atom stereocenters. The van der Waals surface area contributed by atoms with Crippen molar-refractivity contribution in [2.45, 2.75) is 42.4 Å². The smallest absolute Gasteiger partial charge is 0.335 e. The molecule has 2 saturated carbocycles. The first-order valence-corrected chi connectivity index (χ1v) is 11.0. The summed E-state index contributed by atoms with van der Waals surface area (Å²) < 4.78 is 35.1. The van der Waals surface area contributed by atoms with Crippen LogP contribution in [0.1, 0.15) is 53.1 Å². The first-order chi connectivity index (χ1) is 14.8. The highest BCUT2D eigenvalue weighted by molar-refractivity contribution is 8.00. The summed E-state index contributed by atoms with van der Waals surface area (Å²) in [5.41, 5.74) is 1.97. The van der Waals surface area contributed by atoms with Crippen LogP contribution >= 0.6 is 23.5 Å². The molecule has 9 heteroatoms. The van der Waals surface area contributed by atoms with E-state index < -0.39 is 11.9 Å². The number of anilines is 1. The lowest BCUT2D eigenvalue weighted by Gasteiger charge is -2.34. The van der Waals surface area contributed by atoms with Gasteiger partial charge in [-0.1, -0.05) is 17.7 Å². The molecule has 0 aliphatic heterocycles. The molecule has 0 saturated heterocycles. The summed E-state index contributed by atoms with van der Waals surface area (Å²) in [5, 5.41) is 18.8. The first kappa shape index (κ1) is 21.7. The van der Waals surface area contributed by atoms with E-state index in [-0.39, 0.29) is 41.5 Å². The number of carbonyl (C=O) groups is 1. The number of rotatable bonds is 8. The lowest BCUT2D eigenvalue weighted by Crippen LogP contribution is -2.38. The van der Waals surface area contributed by atoms with Gasteiger partial charge in [-0.15, -0.1) is 0 Å². The van der Waals surface area contributed by atoms with E-state index >= 15 is 0 Å². The van der Waals surface area contributed by atoms with Crippen molar-refractivity contribution in [1.82, 2.24) is 0 Å². The number of nitrogens with zero attached hydrogens (tertiary/aromatic N) is 1. The van der Waals surface area contributed by atoms with E-state index in [1.807, 2.05) is 12.1 Å². The minimum Gasteiger partial charge on any atom is -0.491 e. The molecule has 0 spiro atoms. The van der Waals surface area contributed by atoms with Crippen LogP contribution in [0, 0.1) is 17.2 Å². The van der Waals surface area contributed by atoms with Gasteiger partial charge in [-0.25, -0.2) is 13.6 Å². The van der Waals surface area contributed by atoms with Gasteiger partial charge in [0.15, 0.2) is 0 Å². The second-order valence-corrected chi connectivity index (χ2v) is 9.17. The monoisotopic (exact) mass is 464 g/mol. The standard InChI is InChI=1S/C22H19ClF2N2O3S/c23-17-7-19(30-11-12-8-22(24,25)9-12)18(5-15(17)10-26)27-31-20-6-14(21(28)29)3-4-16(20)13-1-2-13/h3-7,12-13,27H,1-2,8-9,11H2,(H,28,29). The van der Waals surface area contributed by atoms with Crippen LogP contribution in [0.25, 0.3) is 0 Å². The van der Waals surface area contributed by atoms with Gasteiger partial charge in [-0.2, -0.15) is 5.26 Å². The van der Waals surface area contributed by atoms with E-state index in [4.69, 9.17) is 16.3 Å². The van der Waals surface area contributed by atoms with Gasteiger partial charge in [-0.3, -0.25) is 0 Å². The highest BCUT2D eigenvalue weighted by Gasteiger charge is 2.45. The largest absolute Gasteiger partial charge is 0.491 e. The Labute approximate surface area is 187 Å². The number of aromatic carboxylic acids is 1. The maximum absolute atomic E-state index is 13.1. The number of benzene rings is 2. The molecule has 0 radical (unpaired) electrons. The quantitative estimate of drug-likeness (QED) is 0.444. The van der Waals surface area contributed by atoms with Crippen molar-refractivity contribution < 1.29 is 23.4 Å². The molecular formula is C22H19ClF2N2O3S. The third kappa shape index (κ3) is 5.05. The van der Waals surface area contributed by atoms with Crippen LogP contribution in [0.2, 0.25) is 5.02 Å². The Kier molecular flexibility index (Phi) is 6.00. The molecule has 2 N–H and O–H groups in total. The van der Waals surface area contributed by atoms with Crippen LogP contribution in [-0.2, 0) is 0 Å². The summed E-state index contributed by atoms with van der Waals surface area (Å²) in [6, 6.07) is 10.1. The molecule has 0 unspecified atom stereocenters. The third-order valence-electron chi connectivity index (χ3n) is 5.39. The minimum atomic E-state index is -2.62. The van der Waals surface area contributed by atoms with Crippen LogP contribution in [0.3, 0.4) is 0 Å². The Morgan fingerprint density at radius 2 is 2.06 bits per heavy atom. The molecule has 2 aromatic carbocycles. The molecule has 0 bridgehead atoms. The summed E-state index contributed by atoms with van der Waals surface area (Å²) >= 11 is 7.36. The predicted octanol–water partition coefficient (Wildman–Crippen LogP) is 6.33. The van der Waals surface area contributed by atoms with Crippen LogP contribution in [-0.4, -0.2) is 23.6 Å². The number of nitriles is 1. The molecule has 0 heterocycles. The number of hydrogen-bond donors (Lipinski definition) is 2. The van der Waals surface area contributed by atoms with Crippen LogP contribution in [0.15, 0.2) is 35.2 Å². The number of carboxylic acid groups (broad SMARTS) is 1. The van der Waals surface area contributed by atoms with Gasteiger partial charge in [0.1, 0.15) is 11.8 Å². The molecule has 2 aliphatic rings. The molecule has 2 aromatic rings. The Hall–Kier alpha value is -2.50. The molecular weight excluding hydrogens is 446 g/mol. The zero-order chi connectivity index (χ0) is 22.2. The molecule has 31 heavy (non-hydrogen) atoms. The molecule has 2 aliphatic carbocycles. The highest BCUT2D eigenvalue weighted by Crippen LogP contribution is 2.46. The molecule has 5 nitrogen and oxygen atoms in total. The summed E-state index contributed by atoms with van der Waals surface area (Å²) in [6.45, 7) is 0.124. The topological polar surface area (TPSA) is 82.4 Å². The summed E-state index contributed by atoms with van der Waals surface area (Å²) in [7, 11) is 0. The van der Waals surface area contributed by atoms with Crippen molar-refractivity contribution in [2.24, 2.45) is 5.92 Å². The van der Waals surface area contributed by atoms with Gasteiger partial charge in [0.2, 0.25) is 5.92 Å². The fourth-order valence-corrected chi connectivity index (χ4v) is 4.66. The molecule has 162 valence electrons. The highest BCUT2D eigenvalue weighted by atomic mass is 35.5. The summed E-state index contributed by atoms with van der Waals surface area (Å²) in [4.78, 5) is 12.2. The van der Waals surface area contributed by atoms with E-state index in [9.17, 15) is 23.9 Å². The van der Waals surface area contributed by atoms with E-state index in [1.54, 1.807) is 12.1 Å². The van der Waals surface area contributed by atoms with Crippen molar-refractivity contribution in [3.63, 3.8) is 0 Å². The fourth-order valence-electron chi connectivity index (χ4n) is 3.55. The second kappa shape index (κ2) is 8.56. The van der Waals surface area contributed by atoms with Crippen LogP contribution in [0.5, 0.6) is 5.75 Å². The Balaban J connectivity index is 1.54. The van der Waals surface area contributed by atoms with Gasteiger partial charge in [-0.05, 0) is 54.5 Å². The predicted molar refractivity (Wildman–Crippen MR) is 114 cm³/mol. The first-order valence-electron chi connectivity index (χ1n) is 9.80. The minimum absolute atomic E-state index is 0.124. The zero-order valence-electron chi connectivity index (χ0n) is 16.3.